The van der Waals surface area contributed by atoms with Crippen molar-refractivity contribution in [1.82, 2.24) is 0 Å². The van der Waals surface area contributed by atoms with Crippen molar-refractivity contribution in [3.05, 3.63) is 42.1 Å². The summed E-state index contributed by atoms with van der Waals surface area (Å²) < 4.78 is 22.5. The standard InChI is InChI=1S/C10H12N2O2S/c11-12(9-4-2-1-3-5-9)10-6-7-15(13,14)8-10/h1-6H,7-8,11H2. The molecule has 0 amide bonds. The number of nitrogens with zero attached hydrogens (tertiary/aromatic N) is 1. The lowest BCUT2D eigenvalue weighted by Gasteiger charge is -2.18. The van der Waals surface area contributed by atoms with Crippen molar-refractivity contribution in [3.63, 3.8) is 0 Å². The molecule has 2 N–H and O–H groups in total. The zero-order valence-electron chi connectivity index (χ0n) is 8.13. The van der Waals surface area contributed by atoms with Crippen LogP contribution in [0.5, 0.6) is 0 Å². The van der Waals surface area contributed by atoms with Gasteiger partial charge in [0.1, 0.15) is 0 Å². The lowest BCUT2D eigenvalue weighted by atomic mass is 10.3. The van der Waals surface area contributed by atoms with Gasteiger partial charge in [-0.05, 0) is 18.2 Å². The molecule has 0 bridgehead atoms. The maximum atomic E-state index is 11.2. The number of anilines is 1. The monoisotopic (exact) mass is 224 g/mol. The van der Waals surface area contributed by atoms with Crippen molar-refractivity contribution in [2.75, 3.05) is 16.5 Å². The largest absolute Gasteiger partial charge is 0.283 e. The molecular weight excluding hydrogens is 212 g/mol. The van der Waals surface area contributed by atoms with E-state index in [1.54, 1.807) is 6.08 Å². The van der Waals surface area contributed by atoms with Gasteiger partial charge in [0.05, 0.1) is 17.2 Å². The topological polar surface area (TPSA) is 63.4 Å². The molecule has 2 rings (SSSR count). The number of hydrogen-bond acceptors (Lipinski definition) is 4. The first-order chi connectivity index (χ1) is 7.08. The quantitative estimate of drug-likeness (QED) is 0.592. The van der Waals surface area contributed by atoms with Gasteiger partial charge in [-0.25, -0.2) is 14.3 Å². The van der Waals surface area contributed by atoms with Crippen LogP contribution in [0.15, 0.2) is 42.1 Å². The van der Waals surface area contributed by atoms with Crippen LogP contribution in [0.1, 0.15) is 0 Å². The van der Waals surface area contributed by atoms with Gasteiger partial charge >= 0.3 is 0 Å². The average molecular weight is 224 g/mol. The molecule has 4 nitrogen and oxygen atoms in total. The highest BCUT2D eigenvalue weighted by Crippen LogP contribution is 2.19. The van der Waals surface area contributed by atoms with Gasteiger partial charge in [-0.15, -0.1) is 0 Å². The molecule has 0 radical (unpaired) electrons. The summed E-state index contributed by atoms with van der Waals surface area (Å²) in [6.45, 7) is 0. The van der Waals surface area contributed by atoms with Gasteiger partial charge in [-0.2, -0.15) is 0 Å². The summed E-state index contributed by atoms with van der Waals surface area (Å²) in [5.41, 5.74) is 1.43. The van der Waals surface area contributed by atoms with Gasteiger partial charge in [0, 0.05) is 5.70 Å². The average Bonchev–Trinajstić information content (AvgIpc) is 2.59. The zero-order valence-corrected chi connectivity index (χ0v) is 8.94. The van der Waals surface area contributed by atoms with E-state index < -0.39 is 9.84 Å². The summed E-state index contributed by atoms with van der Waals surface area (Å²) in [6.07, 6.45) is 1.66. The summed E-state index contributed by atoms with van der Waals surface area (Å²) in [4.78, 5) is 0. The summed E-state index contributed by atoms with van der Waals surface area (Å²) in [5, 5.41) is 1.42. The van der Waals surface area contributed by atoms with Crippen molar-refractivity contribution >= 4 is 15.5 Å². The lowest BCUT2D eigenvalue weighted by molar-refractivity contribution is 0.602. The Kier molecular flexibility index (Phi) is 2.50. The molecule has 0 unspecified atom stereocenters. The molecule has 1 heterocycles. The molecule has 1 aromatic rings. The number of hydrogen-bond donors (Lipinski definition) is 1. The Morgan fingerprint density at radius 2 is 1.87 bits per heavy atom. The van der Waals surface area contributed by atoms with Crippen LogP contribution in [-0.2, 0) is 9.84 Å². The summed E-state index contributed by atoms with van der Waals surface area (Å²) in [7, 11) is -2.96. The molecule has 1 aliphatic heterocycles. The van der Waals surface area contributed by atoms with Gasteiger partial charge in [-0.1, -0.05) is 18.2 Å². The van der Waals surface area contributed by atoms with Crippen molar-refractivity contribution in [1.29, 1.82) is 0 Å². The first-order valence-corrected chi connectivity index (χ1v) is 6.40. The summed E-state index contributed by atoms with van der Waals surface area (Å²) >= 11 is 0. The van der Waals surface area contributed by atoms with E-state index in [4.69, 9.17) is 5.84 Å². The predicted octanol–water partition coefficient (Wildman–Crippen LogP) is 0.679. The van der Waals surface area contributed by atoms with Crippen LogP contribution in [0.2, 0.25) is 0 Å². The zero-order chi connectivity index (χ0) is 10.9. The van der Waals surface area contributed by atoms with Crippen molar-refractivity contribution in [2.45, 2.75) is 0 Å². The molecule has 0 aliphatic carbocycles. The Balaban J connectivity index is 2.21. The smallest absolute Gasteiger partial charge is 0.159 e. The van der Waals surface area contributed by atoms with Gasteiger partial charge in [0.15, 0.2) is 9.84 Å². The maximum absolute atomic E-state index is 11.2. The normalized spacial score (nSPS) is 18.6. The molecule has 0 fully saturated rings. The highest BCUT2D eigenvalue weighted by molar-refractivity contribution is 7.92. The van der Waals surface area contributed by atoms with E-state index in [-0.39, 0.29) is 11.5 Å². The third-order valence-electron chi connectivity index (χ3n) is 2.28. The van der Waals surface area contributed by atoms with Crippen LogP contribution in [0.3, 0.4) is 0 Å². The van der Waals surface area contributed by atoms with E-state index in [9.17, 15) is 8.42 Å². The van der Waals surface area contributed by atoms with Crippen molar-refractivity contribution in [2.24, 2.45) is 5.84 Å². The van der Waals surface area contributed by atoms with E-state index >= 15 is 0 Å². The third kappa shape index (κ3) is 2.19. The predicted molar refractivity (Wildman–Crippen MR) is 59.8 cm³/mol. The Morgan fingerprint density at radius 1 is 1.20 bits per heavy atom. The highest BCUT2D eigenvalue weighted by atomic mass is 32.2. The molecule has 0 aromatic heterocycles. The Morgan fingerprint density at radius 3 is 2.40 bits per heavy atom. The van der Waals surface area contributed by atoms with Crippen molar-refractivity contribution < 1.29 is 8.42 Å². The molecule has 1 aromatic carbocycles. The van der Waals surface area contributed by atoms with E-state index in [1.165, 1.54) is 5.01 Å². The second-order valence-electron chi connectivity index (χ2n) is 3.46. The lowest BCUT2D eigenvalue weighted by Crippen LogP contribution is -2.31. The van der Waals surface area contributed by atoms with Crippen LogP contribution < -0.4 is 10.9 Å². The molecule has 0 saturated carbocycles. The minimum absolute atomic E-state index is 0.0262. The number of para-hydroxylation sites is 1. The second-order valence-corrected chi connectivity index (χ2v) is 5.56. The van der Waals surface area contributed by atoms with Crippen molar-refractivity contribution in [3.8, 4) is 0 Å². The fourth-order valence-electron chi connectivity index (χ4n) is 1.49. The van der Waals surface area contributed by atoms with Crippen LogP contribution in [-0.4, -0.2) is 19.9 Å². The number of rotatable bonds is 2. The molecule has 0 atom stereocenters. The third-order valence-corrected chi connectivity index (χ3v) is 3.69. The Labute approximate surface area is 88.9 Å². The van der Waals surface area contributed by atoms with Crippen LogP contribution in [0, 0.1) is 0 Å². The molecule has 5 heteroatoms. The van der Waals surface area contributed by atoms with E-state index in [0.29, 0.717) is 5.70 Å². The number of benzene rings is 1. The van der Waals surface area contributed by atoms with Gasteiger partial charge < -0.3 is 0 Å². The van der Waals surface area contributed by atoms with Gasteiger partial charge in [-0.3, -0.25) is 5.01 Å². The highest BCUT2D eigenvalue weighted by Gasteiger charge is 2.23. The maximum Gasteiger partial charge on any atom is 0.159 e. The Bertz CT molecular complexity index is 479. The van der Waals surface area contributed by atoms with E-state index in [2.05, 4.69) is 0 Å². The first-order valence-electron chi connectivity index (χ1n) is 4.58. The molecular formula is C10H12N2O2S. The van der Waals surface area contributed by atoms with Crippen LogP contribution in [0.4, 0.5) is 5.69 Å². The van der Waals surface area contributed by atoms with Gasteiger partial charge in [0.25, 0.3) is 0 Å². The van der Waals surface area contributed by atoms with Gasteiger partial charge in [0.2, 0.25) is 0 Å². The van der Waals surface area contributed by atoms with E-state index in [0.717, 1.165) is 5.69 Å². The van der Waals surface area contributed by atoms with E-state index in [1.807, 2.05) is 30.3 Å². The molecule has 0 saturated heterocycles. The molecule has 80 valence electrons. The van der Waals surface area contributed by atoms with Crippen LogP contribution in [0.25, 0.3) is 0 Å². The summed E-state index contributed by atoms with van der Waals surface area (Å²) in [6, 6.07) is 9.28. The Hall–Kier alpha value is -1.33. The number of sulfone groups is 1. The molecule has 15 heavy (non-hydrogen) atoms. The molecule has 0 spiro atoms. The minimum atomic E-state index is -2.96. The minimum Gasteiger partial charge on any atom is -0.283 e. The fraction of sp³-hybridized carbons (Fsp3) is 0.200. The number of nitrogens with two attached hydrogens (primary N) is 1. The summed E-state index contributed by atoms with van der Waals surface area (Å²) in [5.74, 6) is 5.93. The SMILES string of the molecule is NN(C1=CCS(=O)(=O)C1)c1ccccc1. The van der Waals surface area contributed by atoms with Crippen LogP contribution >= 0.6 is 0 Å². The fourth-order valence-corrected chi connectivity index (χ4v) is 2.76. The number of hydrazine groups is 1. The molecule has 1 aliphatic rings. The second kappa shape index (κ2) is 3.67. The first kappa shape index (κ1) is 10.2.